The van der Waals surface area contributed by atoms with E-state index in [0.717, 1.165) is 22.4 Å². The fourth-order valence-corrected chi connectivity index (χ4v) is 3.42. The maximum absolute atomic E-state index is 13.1. The maximum Gasteiger partial charge on any atom is 0.123 e. The van der Waals surface area contributed by atoms with Crippen molar-refractivity contribution in [2.75, 3.05) is 7.05 Å². The zero-order chi connectivity index (χ0) is 26.2. The van der Waals surface area contributed by atoms with Crippen molar-refractivity contribution >= 4 is 10.8 Å². The molecule has 0 atom stereocenters. The van der Waals surface area contributed by atoms with Gasteiger partial charge in [-0.05, 0) is 54.1 Å². The van der Waals surface area contributed by atoms with E-state index in [1.165, 1.54) is 28.5 Å². The Morgan fingerprint density at radius 1 is 0.943 bits per heavy atom. The van der Waals surface area contributed by atoms with E-state index < -0.39 is 0 Å². The summed E-state index contributed by atoms with van der Waals surface area (Å²) in [5.74, 6) is -0.217. The second-order valence-corrected chi connectivity index (χ2v) is 7.32. The third-order valence-corrected chi connectivity index (χ3v) is 5.14. The molecule has 4 rings (SSSR count). The van der Waals surface area contributed by atoms with E-state index in [1.807, 2.05) is 69.4 Å². The molecule has 4 aromatic rings. The van der Waals surface area contributed by atoms with Gasteiger partial charge >= 0.3 is 0 Å². The molecule has 1 aromatic heterocycles. The molecule has 0 saturated heterocycles. The summed E-state index contributed by atoms with van der Waals surface area (Å²) in [7, 11) is 1.85. The maximum atomic E-state index is 13.1. The van der Waals surface area contributed by atoms with Crippen molar-refractivity contribution < 1.29 is 4.39 Å². The van der Waals surface area contributed by atoms with Gasteiger partial charge in [-0.25, -0.2) is 9.82 Å². The Balaban J connectivity index is 0.000000343. The zero-order valence-corrected chi connectivity index (χ0v) is 21.7. The summed E-state index contributed by atoms with van der Waals surface area (Å²) in [5, 5.41) is 4.41. The number of nitrogens with one attached hydrogen (secondary N) is 1. The lowest BCUT2D eigenvalue weighted by Gasteiger charge is -2.20. The molecule has 0 aliphatic rings. The summed E-state index contributed by atoms with van der Waals surface area (Å²) in [4.78, 5) is 4.21. The van der Waals surface area contributed by atoms with E-state index in [2.05, 4.69) is 67.4 Å². The van der Waals surface area contributed by atoms with E-state index in [0.29, 0.717) is 6.54 Å². The van der Waals surface area contributed by atoms with Crippen LogP contribution in [0.2, 0.25) is 0 Å². The van der Waals surface area contributed by atoms with Gasteiger partial charge in [-0.3, -0.25) is 4.98 Å². The number of hydrogen-bond acceptors (Lipinski definition) is 3. The molecule has 1 N–H and O–H groups in total. The number of nitrogens with zero attached hydrogens (tertiary/aromatic N) is 2. The smallest absolute Gasteiger partial charge is 0.123 e. The topological polar surface area (TPSA) is 28.2 Å². The van der Waals surface area contributed by atoms with E-state index in [1.54, 1.807) is 6.20 Å². The van der Waals surface area contributed by atoms with Crippen LogP contribution in [0.25, 0.3) is 21.9 Å². The number of aryl methyl sites for hydroxylation is 2. The number of benzene rings is 3. The minimum absolute atomic E-state index is 0.217. The predicted molar refractivity (Wildman–Crippen MR) is 150 cm³/mol. The molecular weight excluding hydrogens is 433 g/mol. The molecule has 0 aliphatic heterocycles. The number of halogens is 1. The number of hydrogen-bond donors (Lipinski definition) is 1. The minimum Gasteiger partial charge on any atom is -0.312 e. The minimum atomic E-state index is -0.217. The van der Waals surface area contributed by atoms with Crippen LogP contribution in [-0.4, -0.2) is 17.0 Å². The molecule has 0 bridgehead atoms. The quantitative estimate of drug-likeness (QED) is 0.235. The van der Waals surface area contributed by atoms with Gasteiger partial charge in [0.1, 0.15) is 5.82 Å². The Kier molecular flexibility index (Phi) is 13.4. The molecule has 3 nitrogen and oxygen atoms in total. The normalized spacial score (nSPS) is 9.43. The van der Waals surface area contributed by atoms with Crippen molar-refractivity contribution in [1.29, 1.82) is 0 Å². The summed E-state index contributed by atoms with van der Waals surface area (Å²) in [6, 6.07) is 23.2. The summed E-state index contributed by atoms with van der Waals surface area (Å²) < 4.78 is 13.1. The number of fused-ring (bicyclic) bond motifs is 1. The summed E-state index contributed by atoms with van der Waals surface area (Å²) in [6.45, 7) is 18.6. The van der Waals surface area contributed by atoms with Crippen molar-refractivity contribution in [3.05, 3.63) is 128 Å². The summed E-state index contributed by atoms with van der Waals surface area (Å²) in [5.41, 5.74) is 8.64. The summed E-state index contributed by atoms with van der Waals surface area (Å²) >= 11 is 0. The molecular formula is C31H38FN3. The average Bonchev–Trinajstić information content (AvgIpc) is 2.91. The molecule has 0 spiro atoms. The molecule has 3 aromatic carbocycles. The molecule has 0 amide bonds. The van der Waals surface area contributed by atoms with Crippen molar-refractivity contribution in [2.24, 2.45) is 0 Å². The Hall–Kier alpha value is -3.76. The van der Waals surface area contributed by atoms with Crippen LogP contribution in [0.1, 0.15) is 30.7 Å². The average molecular weight is 472 g/mol. The van der Waals surface area contributed by atoms with Gasteiger partial charge in [0.15, 0.2) is 0 Å². The van der Waals surface area contributed by atoms with Gasteiger partial charge in [-0.2, -0.15) is 0 Å². The standard InChI is InChI=1S/C17H19FN2.C10H9N.C2H6.C2H4/c1-4-20(19-3)12-15-6-5-13(2)11-17(15)14-7-9-16(18)10-8-14;1-8-10-5-3-2-4-9(10)6-7-11-8;2*1-2/h4-11,19H,1,12H2,2-3H3;2-7H,1H3;1-2H3;1-2H2. The van der Waals surface area contributed by atoms with Crippen LogP contribution in [0.5, 0.6) is 0 Å². The Bertz CT molecular complexity index is 1160. The summed E-state index contributed by atoms with van der Waals surface area (Å²) in [6.07, 6.45) is 3.59. The molecule has 184 valence electrons. The number of pyridine rings is 1. The zero-order valence-electron chi connectivity index (χ0n) is 21.7. The fourth-order valence-electron chi connectivity index (χ4n) is 3.42. The first-order chi connectivity index (χ1) is 17.0. The molecule has 0 fully saturated rings. The van der Waals surface area contributed by atoms with Crippen LogP contribution >= 0.6 is 0 Å². The fraction of sp³-hybridized carbons (Fsp3) is 0.194. The monoisotopic (exact) mass is 471 g/mol. The van der Waals surface area contributed by atoms with Gasteiger partial charge in [0.25, 0.3) is 0 Å². The first kappa shape index (κ1) is 29.3. The molecule has 0 unspecified atom stereocenters. The Labute approximate surface area is 210 Å². The molecule has 0 saturated carbocycles. The second kappa shape index (κ2) is 16.0. The molecule has 4 heteroatoms. The molecule has 35 heavy (non-hydrogen) atoms. The van der Waals surface area contributed by atoms with E-state index in [4.69, 9.17) is 0 Å². The van der Waals surface area contributed by atoms with Gasteiger partial charge in [0.05, 0.1) is 6.54 Å². The first-order valence-corrected chi connectivity index (χ1v) is 11.7. The van der Waals surface area contributed by atoms with E-state index >= 15 is 0 Å². The van der Waals surface area contributed by atoms with E-state index in [-0.39, 0.29) is 5.82 Å². The van der Waals surface area contributed by atoms with Gasteiger partial charge in [-0.1, -0.05) is 80.6 Å². The van der Waals surface area contributed by atoms with Gasteiger partial charge in [-0.15, -0.1) is 13.2 Å². The molecule has 0 radical (unpaired) electrons. The van der Waals surface area contributed by atoms with Crippen LogP contribution in [0.15, 0.2) is 105 Å². The number of aromatic nitrogens is 1. The lowest BCUT2D eigenvalue weighted by molar-refractivity contribution is 0.292. The second-order valence-electron chi connectivity index (χ2n) is 7.32. The van der Waals surface area contributed by atoms with Crippen molar-refractivity contribution in [2.45, 2.75) is 34.2 Å². The highest BCUT2D eigenvalue weighted by Gasteiger charge is 2.08. The molecule has 1 heterocycles. The van der Waals surface area contributed by atoms with Crippen molar-refractivity contribution in [3.8, 4) is 11.1 Å². The Morgan fingerprint density at radius 3 is 2.20 bits per heavy atom. The van der Waals surface area contributed by atoms with E-state index in [9.17, 15) is 4.39 Å². The first-order valence-electron chi connectivity index (χ1n) is 11.7. The highest BCUT2D eigenvalue weighted by atomic mass is 19.1. The largest absolute Gasteiger partial charge is 0.312 e. The van der Waals surface area contributed by atoms with Gasteiger partial charge < -0.3 is 5.01 Å². The van der Waals surface area contributed by atoms with Crippen LogP contribution in [0, 0.1) is 19.7 Å². The van der Waals surface area contributed by atoms with Gasteiger partial charge in [0, 0.05) is 30.5 Å². The number of rotatable bonds is 5. The molecule has 0 aliphatic carbocycles. The van der Waals surface area contributed by atoms with Crippen molar-refractivity contribution in [1.82, 2.24) is 15.4 Å². The highest BCUT2D eigenvalue weighted by Crippen LogP contribution is 2.26. The van der Waals surface area contributed by atoms with Crippen LogP contribution in [0.3, 0.4) is 0 Å². The lowest BCUT2D eigenvalue weighted by atomic mass is 9.97. The van der Waals surface area contributed by atoms with Crippen LogP contribution in [-0.2, 0) is 6.54 Å². The third-order valence-electron chi connectivity index (χ3n) is 5.14. The lowest BCUT2D eigenvalue weighted by Crippen LogP contribution is -2.28. The SMILES string of the molecule is C=C.C=CN(Cc1ccc(C)cc1-c1ccc(F)cc1)NC.CC.Cc1nccc2ccccc12. The van der Waals surface area contributed by atoms with Gasteiger partial charge in [0.2, 0.25) is 0 Å². The predicted octanol–water partition coefficient (Wildman–Crippen LogP) is 8.25. The third kappa shape index (κ3) is 8.84. The van der Waals surface area contributed by atoms with Crippen LogP contribution in [0.4, 0.5) is 4.39 Å². The number of hydrazine groups is 1. The Morgan fingerprint density at radius 2 is 1.60 bits per heavy atom. The highest BCUT2D eigenvalue weighted by molar-refractivity contribution is 5.83. The van der Waals surface area contributed by atoms with Crippen molar-refractivity contribution in [3.63, 3.8) is 0 Å². The van der Waals surface area contributed by atoms with Crippen LogP contribution < -0.4 is 5.43 Å².